The molecular weight excluding hydrogens is 330 g/mol. The summed E-state index contributed by atoms with van der Waals surface area (Å²) in [6.07, 6.45) is 15.0. The molecule has 3 nitrogen and oxygen atoms in total. The Kier molecular flexibility index (Phi) is 22.9. The van der Waals surface area contributed by atoms with Crippen LogP contribution in [-0.2, 0) is 0 Å². The lowest BCUT2D eigenvalue weighted by atomic mass is 10.1. The minimum atomic E-state index is 0. The van der Waals surface area contributed by atoms with Gasteiger partial charge < -0.3 is 10.2 Å². The van der Waals surface area contributed by atoms with E-state index < -0.39 is 0 Å². The van der Waals surface area contributed by atoms with Crippen LogP contribution in [0.1, 0.15) is 77.6 Å². The van der Waals surface area contributed by atoms with Crippen molar-refractivity contribution in [1.29, 1.82) is 0 Å². The van der Waals surface area contributed by atoms with Crippen LogP contribution in [0, 0.1) is 0 Å². The molecule has 0 aliphatic rings. The van der Waals surface area contributed by atoms with Gasteiger partial charge in [0.2, 0.25) is 0 Å². The number of unbranched alkanes of at least 4 members (excludes halogenated alkanes) is 10. The minimum absolute atomic E-state index is 0. The lowest BCUT2D eigenvalue weighted by Crippen LogP contribution is -2.30. The maximum absolute atomic E-state index is 8.92. The lowest BCUT2D eigenvalue weighted by Gasteiger charge is -2.19. The fraction of sp³-hybridized carbons (Fsp3) is 1.00. The third kappa shape index (κ3) is 18.3. The second-order valence-electron chi connectivity index (χ2n) is 5.82. The van der Waals surface area contributed by atoms with E-state index in [4.69, 9.17) is 10.2 Å². The first-order chi connectivity index (χ1) is 9.85. The number of nitrogens with zero attached hydrogens (tertiary/aromatic N) is 1. The summed E-state index contributed by atoms with van der Waals surface area (Å²) in [5, 5.41) is 17.8. The Morgan fingerprint density at radius 2 is 0.952 bits per heavy atom. The van der Waals surface area contributed by atoms with Crippen molar-refractivity contribution in [2.45, 2.75) is 77.6 Å². The van der Waals surface area contributed by atoms with Crippen LogP contribution < -0.4 is 0 Å². The maximum atomic E-state index is 8.92. The third-order valence-corrected chi connectivity index (χ3v) is 3.91. The zero-order valence-electron chi connectivity index (χ0n) is 14.1. The van der Waals surface area contributed by atoms with Crippen LogP contribution in [0.5, 0.6) is 0 Å². The predicted octanol–water partition coefficient (Wildman–Crippen LogP) is 4.16. The standard InChI is InChI=1S/C17H37NO2.BrH/c1-2-3-4-5-6-7-8-9-10-11-12-13-18(14-16-19)15-17-20;/h19-20H,2-17H2,1H3;1H. The van der Waals surface area contributed by atoms with Crippen LogP contribution in [0.4, 0.5) is 0 Å². The molecule has 0 spiro atoms. The Morgan fingerprint density at radius 1 is 0.571 bits per heavy atom. The number of aliphatic hydroxyl groups is 2. The van der Waals surface area contributed by atoms with Crippen molar-refractivity contribution in [3.8, 4) is 0 Å². The number of rotatable bonds is 16. The molecule has 0 rings (SSSR count). The summed E-state index contributed by atoms with van der Waals surface area (Å²) in [4.78, 5) is 2.15. The van der Waals surface area contributed by atoms with Crippen LogP contribution in [0.25, 0.3) is 0 Å². The zero-order valence-corrected chi connectivity index (χ0v) is 15.8. The van der Waals surface area contributed by atoms with Gasteiger partial charge in [0.05, 0.1) is 13.2 Å². The first kappa shape index (κ1) is 23.6. The van der Waals surface area contributed by atoms with Crippen molar-refractivity contribution in [2.24, 2.45) is 0 Å². The van der Waals surface area contributed by atoms with E-state index in [1.807, 2.05) is 0 Å². The molecule has 0 unspecified atom stereocenters. The van der Waals surface area contributed by atoms with Crippen LogP contribution in [0.15, 0.2) is 0 Å². The molecule has 0 aliphatic heterocycles. The first-order valence-electron chi connectivity index (χ1n) is 8.79. The van der Waals surface area contributed by atoms with Crippen LogP contribution >= 0.6 is 17.0 Å². The highest BCUT2D eigenvalue weighted by Gasteiger charge is 2.02. The number of halogens is 1. The molecule has 0 heterocycles. The zero-order chi connectivity index (χ0) is 14.9. The average Bonchev–Trinajstić information content (AvgIpc) is 2.45. The molecule has 4 heteroatoms. The molecule has 21 heavy (non-hydrogen) atoms. The Labute approximate surface area is 142 Å². The molecule has 0 atom stereocenters. The normalized spacial score (nSPS) is 10.9. The quantitative estimate of drug-likeness (QED) is 0.402. The van der Waals surface area contributed by atoms with Gasteiger partial charge in [-0.25, -0.2) is 0 Å². The van der Waals surface area contributed by atoms with Gasteiger partial charge in [0.1, 0.15) is 0 Å². The summed E-state index contributed by atoms with van der Waals surface area (Å²) in [5.74, 6) is 0. The Hall–Kier alpha value is 0.360. The van der Waals surface area contributed by atoms with Gasteiger partial charge in [-0.2, -0.15) is 0 Å². The molecule has 0 aromatic rings. The van der Waals surface area contributed by atoms with E-state index in [0.717, 1.165) is 6.54 Å². The summed E-state index contributed by atoms with van der Waals surface area (Å²) >= 11 is 0. The highest BCUT2D eigenvalue weighted by atomic mass is 79.9. The summed E-state index contributed by atoms with van der Waals surface area (Å²) < 4.78 is 0. The van der Waals surface area contributed by atoms with Gasteiger partial charge in [0.15, 0.2) is 0 Å². The largest absolute Gasteiger partial charge is 0.395 e. The van der Waals surface area contributed by atoms with Gasteiger partial charge in [-0.05, 0) is 13.0 Å². The fourth-order valence-electron chi connectivity index (χ4n) is 2.62. The average molecular weight is 368 g/mol. The smallest absolute Gasteiger partial charge is 0.0558 e. The van der Waals surface area contributed by atoms with Gasteiger partial charge in [-0.3, -0.25) is 4.90 Å². The highest BCUT2D eigenvalue weighted by molar-refractivity contribution is 8.93. The Morgan fingerprint density at radius 3 is 1.33 bits per heavy atom. The third-order valence-electron chi connectivity index (χ3n) is 3.91. The van der Waals surface area contributed by atoms with Gasteiger partial charge in [-0.15, -0.1) is 17.0 Å². The predicted molar refractivity (Wildman–Crippen MR) is 97.4 cm³/mol. The summed E-state index contributed by atoms with van der Waals surface area (Å²) in [6, 6.07) is 0. The molecule has 0 bridgehead atoms. The lowest BCUT2D eigenvalue weighted by molar-refractivity contribution is 0.159. The van der Waals surface area contributed by atoms with E-state index in [1.165, 1.54) is 70.6 Å². The monoisotopic (exact) mass is 367 g/mol. The Balaban J connectivity index is 0. The summed E-state index contributed by atoms with van der Waals surface area (Å²) in [5.41, 5.74) is 0. The van der Waals surface area contributed by atoms with Crippen LogP contribution in [0.3, 0.4) is 0 Å². The van der Waals surface area contributed by atoms with E-state index >= 15 is 0 Å². The van der Waals surface area contributed by atoms with E-state index in [0.29, 0.717) is 13.1 Å². The van der Waals surface area contributed by atoms with Gasteiger partial charge in [-0.1, -0.05) is 71.1 Å². The summed E-state index contributed by atoms with van der Waals surface area (Å²) in [7, 11) is 0. The summed E-state index contributed by atoms with van der Waals surface area (Å²) in [6.45, 7) is 5.05. The molecule has 0 fully saturated rings. The second kappa shape index (κ2) is 20.4. The highest BCUT2D eigenvalue weighted by Crippen LogP contribution is 2.11. The van der Waals surface area contributed by atoms with Crippen molar-refractivity contribution in [3.05, 3.63) is 0 Å². The second-order valence-corrected chi connectivity index (χ2v) is 5.82. The van der Waals surface area contributed by atoms with E-state index in [9.17, 15) is 0 Å². The molecule has 130 valence electrons. The van der Waals surface area contributed by atoms with E-state index in [1.54, 1.807) is 0 Å². The van der Waals surface area contributed by atoms with E-state index in [2.05, 4.69) is 11.8 Å². The van der Waals surface area contributed by atoms with Gasteiger partial charge in [0.25, 0.3) is 0 Å². The van der Waals surface area contributed by atoms with Gasteiger partial charge >= 0.3 is 0 Å². The topological polar surface area (TPSA) is 43.7 Å². The molecule has 0 saturated carbocycles. The van der Waals surface area contributed by atoms with Crippen LogP contribution in [0.2, 0.25) is 0 Å². The van der Waals surface area contributed by atoms with Crippen molar-refractivity contribution in [3.63, 3.8) is 0 Å². The number of hydrogen-bond donors (Lipinski definition) is 2. The Bertz CT molecular complexity index is 176. The number of aliphatic hydroxyl groups excluding tert-OH is 2. The number of hydrogen-bond acceptors (Lipinski definition) is 3. The van der Waals surface area contributed by atoms with Gasteiger partial charge in [0, 0.05) is 13.1 Å². The maximum Gasteiger partial charge on any atom is 0.0558 e. The van der Waals surface area contributed by atoms with Crippen molar-refractivity contribution < 1.29 is 10.2 Å². The first-order valence-corrected chi connectivity index (χ1v) is 8.79. The van der Waals surface area contributed by atoms with Crippen LogP contribution in [-0.4, -0.2) is 48.0 Å². The molecule has 0 saturated heterocycles. The van der Waals surface area contributed by atoms with E-state index in [-0.39, 0.29) is 30.2 Å². The molecular formula is C17H38BrNO2. The molecule has 0 aliphatic carbocycles. The van der Waals surface area contributed by atoms with Crippen molar-refractivity contribution in [2.75, 3.05) is 32.8 Å². The minimum Gasteiger partial charge on any atom is -0.395 e. The van der Waals surface area contributed by atoms with Crippen molar-refractivity contribution in [1.82, 2.24) is 4.90 Å². The van der Waals surface area contributed by atoms with Crippen molar-refractivity contribution >= 4 is 17.0 Å². The molecule has 0 amide bonds. The molecule has 2 N–H and O–H groups in total. The SMILES string of the molecule is Br.CCCCCCCCCCCCCN(CCO)CCO. The molecule has 0 aromatic heterocycles. The molecule has 0 radical (unpaired) electrons. The fourth-order valence-corrected chi connectivity index (χ4v) is 2.62. The molecule has 0 aromatic carbocycles.